The van der Waals surface area contributed by atoms with Gasteiger partial charge in [-0.05, 0) is 31.7 Å². The van der Waals surface area contributed by atoms with Crippen molar-refractivity contribution in [1.29, 1.82) is 0 Å². The SMILES string of the molecule is CC1OC(C)C(C(=O)CCc2cnn(C)c2)C1C. The summed E-state index contributed by atoms with van der Waals surface area (Å²) in [5.74, 6) is 0.696. The molecule has 0 saturated carbocycles. The van der Waals surface area contributed by atoms with Crippen molar-refractivity contribution in [2.45, 2.75) is 45.8 Å². The van der Waals surface area contributed by atoms with E-state index in [0.717, 1.165) is 12.0 Å². The largest absolute Gasteiger partial charge is 0.375 e. The molecule has 2 heterocycles. The fourth-order valence-corrected chi connectivity index (χ4v) is 2.86. The van der Waals surface area contributed by atoms with Gasteiger partial charge >= 0.3 is 0 Å². The van der Waals surface area contributed by atoms with Crippen LogP contribution in [0.25, 0.3) is 0 Å². The number of ether oxygens (including phenoxy) is 1. The van der Waals surface area contributed by atoms with Crippen molar-refractivity contribution in [1.82, 2.24) is 9.78 Å². The number of rotatable bonds is 4. The van der Waals surface area contributed by atoms with Gasteiger partial charge in [0.15, 0.2) is 0 Å². The van der Waals surface area contributed by atoms with Gasteiger partial charge in [0.1, 0.15) is 5.78 Å². The van der Waals surface area contributed by atoms with Gasteiger partial charge in [0, 0.05) is 25.6 Å². The molecule has 1 aromatic heterocycles. The molecule has 0 radical (unpaired) electrons. The summed E-state index contributed by atoms with van der Waals surface area (Å²) in [4.78, 5) is 12.3. The first-order valence-electron chi connectivity index (χ1n) is 6.64. The van der Waals surface area contributed by atoms with Gasteiger partial charge in [-0.2, -0.15) is 5.10 Å². The smallest absolute Gasteiger partial charge is 0.139 e. The van der Waals surface area contributed by atoms with Gasteiger partial charge < -0.3 is 4.74 Å². The Bertz CT molecular complexity index is 427. The van der Waals surface area contributed by atoms with E-state index >= 15 is 0 Å². The molecule has 0 aliphatic carbocycles. The van der Waals surface area contributed by atoms with Crippen molar-refractivity contribution in [3.63, 3.8) is 0 Å². The lowest BCUT2D eigenvalue weighted by Crippen LogP contribution is -2.27. The lowest BCUT2D eigenvalue weighted by molar-refractivity contribution is -0.125. The second-order valence-electron chi connectivity index (χ2n) is 5.42. The Hall–Kier alpha value is -1.16. The highest BCUT2D eigenvalue weighted by molar-refractivity contribution is 5.82. The molecular weight excluding hydrogens is 228 g/mol. The van der Waals surface area contributed by atoms with Gasteiger partial charge in [-0.3, -0.25) is 9.48 Å². The minimum Gasteiger partial charge on any atom is -0.375 e. The fourth-order valence-electron chi connectivity index (χ4n) is 2.86. The summed E-state index contributed by atoms with van der Waals surface area (Å²) in [5.41, 5.74) is 1.12. The van der Waals surface area contributed by atoms with Crippen LogP contribution in [0.1, 0.15) is 32.8 Å². The summed E-state index contributed by atoms with van der Waals surface area (Å²) in [6.07, 6.45) is 5.39. The highest BCUT2D eigenvalue weighted by Gasteiger charge is 2.40. The van der Waals surface area contributed by atoms with E-state index in [0.29, 0.717) is 18.1 Å². The highest BCUT2D eigenvalue weighted by Crippen LogP contribution is 2.33. The van der Waals surface area contributed by atoms with Crippen LogP contribution in [-0.4, -0.2) is 27.8 Å². The van der Waals surface area contributed by atoms with Crippen molar-refractivity contribution in [3.05, 3.63) is 18.0 Å². The lowest BCUT2D eigenvalue weighted by atomic mass is 9.84. The van der Waals surface area contributed by atoms with Crippen molar-refractivity contribution < 1.29 is 9.53 Å². The van der Waals surface area contributed by atoms with Gasteiger partial charge in [-0.15, -0.1) is 0 Å². The third kappa shape index (κ3) is 2.64. The van der Waals surface area contributed by atoms with Crippen molar-refractivity contribution in [2.24, 2.45) is 18.9 Å². The number of aromatic nitrogens is 2. The third-order valence-electron chi connectivity index (χ3n) is 4.03. The number of aryl methyl sites for hydroxylation is 2. The van der Waals surface area contributed by atoms with E-state index < -0.39 is 0 Å². The molecule has 4 atom stereocenters. The second-order valence-corrected chi connectivity index (χ2v) is 5.42. The van der Waals surface area contributed by atoms with E-state index in [1.54, 1.807) is 4.68 Å². The van der Waals surface area contributed by atoms with Crippen LogP contribution in [0, 0.1) is 11.8 Å². The van der Waals surface area contributed by atoms with Gasteiger partial charge in [0.2, 0.25) is 0 Å². The number of carbonyl (C=O) groups is 1. The zero-order valence-electron chi connectivity index (χ0n) is 11.6. The zero-order chi connectivity index (χ0) is 13.3. The molecule has 4 unspecified atom stereocenters. The Balaban J connectivity index is 1.92. The Kier molecular flexibility index (Phi) is 3.85. The molecular formula is C14H22N2O2. The molecule has 18 heavy (non-hydrogen) atoms. The minimum atomic E-state index is 0.0522. The van der Waals surface area contributed by atoms with Crippen molar-refractivity contribution in [3.8, 4) is 0 Å². The first-order valence-corrected chi connectivity index (χ1v) is 6.64. The maximum absolute atomic E-state index is 12.3. The Labute approximate surface area is 108 Å². The first-order chi connectivity index (χ1) is 8.49. The Morgan fingerprint density at radius 2 is 2.11 bits per heavy atom. The normalized spacial score (nSPS) is 31.8. The Morgan fingerprint density at radius 3 is 2.61 bits per heavy atom. The fraction of sp³-hybridized carbons (Fsp3) is 0.714. The molecule has 0 amide bonds. The summed E-state index contributed by atoms with van der Waals surface area (Å²) < 4.78 is 7.50. The molecule has 0 bridgehead atoms. The summed E-state index contributed by atoms with van der Waals surface area (Å²) in [6.45, 7) is 6.17. The van der Waals surface area contributed by atoms with Crippen molar-refractivity contribution >= 4 is 5.78 Å². The Morgan fingerprint density at radius 1 is 1.39 bits per heavy atom. The average molecular weight is 250 g/mol. The third-order valence-corrected chi connectivity index (χ3v) is 4.03. The molecule has 0 N–H and O–H groups in total. The number of Topliss-reactive ketones (excluding diaryl/α,β-unsaturated/α-hetero) is 1. The monoisotopic (exact) mass is 250 g/mol. The second kappa shape index (κ2) is 5.22. The van der Waals surface area contributed by atoms with E-state index in [1.165, 1.54) is 0 Å². The van der Waals surface area contributed by atoms with E-state index in [4.69, 9.17) is 4.74 Å². The van der Waals surface area contributed by atoms with Gasteiger partial charge in [-0.25, -0.2) is 0 Å². The standard InChI is InChI=1S/C14H22N2O2/c1-9-10(2)18-11(3)14(9)13(17)6-5-12-7-15-16(4)8-12/h7-11,14H,5-6H2,1-4H3. The van der Waals surface area contributed by atoms with E-state index in [-0.39, 0.29) is 18.1 Å². The molecule has 2 rings (SSSR count). The number of carbonyl (C=O) groups excluding carboxylic acids is 1. The maximum atomic E-state index is 12.3. The van der Waals surface area contributed by atoms with E-state index in [9.17, 15) is 4.79 Å². The number of nitrogens with zero attached hydrogens (tertiary/aromatic N) is 2. The number of hydrogen-bond acceptors (Lipinski definition) is 3. The van der Waals surface area contributed by atoms with Crippen LogP contribution in [0.4, 0.5) is 0 Å². The molecule has 1 saturated heterocycles. The molecule has 0 spiro atoms. The zero-order valence-corrected chi connectivity index (χ0v) is 11.6. The van der Waals surface area contributed by atoms with Gasteiger partial charge in [0.25, 0.3) is 0 Å². The molecule has 1 aliphatic rings. The molecule has 1 aromatic rings. The summed E-state index contributed by atoms with van der Waals surface area (Å²) in [6, 6.07) is 0. The first kappa shape index (κ1) is 13.3. The quantitative estimate of drug-likeness (QED) is 0.820. The molecule has 0 aromatic carbocycles. The van der Waals surface area contributed by atoms with Crippen LogP contribution in [0.5, 0.6) is 0 Å². The maximum Gasteiger partial charge on any atom is 0.139 e. The van der Waals surface area contributed by atoms with Crippen LogP contribution in [0.15, 0.2) is 12.4 Å². The lowest BCUT2D eigenvalue weighted by Gasteiger charge is -2.16. The van der Waals surface area contributed by atoms with Crippen LogP contribution < -0.4 is 0 Å². The predicted octanol–water partition coefficient (Wildman–Crippen LogP) is 1.98. The molecule has 4 nitrogen and oxygen atoms in total. The van der Waals surface area contributed by atoms with Crippen LogP contribution in [-0.2, 0) is 23.0 Å². The molecule has 100 valence electrons. The van der Waals surface area contributed by atoms with Crippen LogP contribution in [0.3, 0.4) is 0 Å². The summed E-state index contributed by atoms with van der Waals surface area (Å²) in [5, 5.41) is 4.11. The van der Waals surface area contributed by atoms with E-state index in [1.807, 2.05) is 26.4 Å². The molecule has 1 fully saturated rings. The highest BCUT2D eigenvalue weighted by atomic mass is 16.5. The number of hydrogen-bond donors (Lipinski definition) is 0. The van der Waals surface area contributed by atoms with Crippen LogP contribution >= 0.6 is 0 Å². The summed E-state index contributed by atoms with van der Waals surface area (Å²) >= 11 is 0. The number of ketones is 1. The van der Waals surface area contributed by atoms with E-state index in [2.05, 4.69) is 18.9 Å². The summed E-state index contributed by atoms with van der Waals surface area (Å²) in [7, 11) is 1.89. The average Bonchev–Trinajstić information content (AvgIpc) is 2.82. The predicted molar refractivity (Wildman–Crippen MR) is 69.2 cm³/mol. The minimum absolute atomic E-state index is 0.0522. The van der Waals surface area contributed by atoms with Crippen LogP contribution in [0.2, 0.25) is 0 Å². The van der Waals surface area contributed by atoms with Crippen molar-refractivity contribution in [2.75, 3.05) is 0 Å². The molecule has 1 aliphatic heterocycles. The van der Waals surface area contributed by atoms with Gasteiger partial charge in [-0.1, -0.05) is 6.92 Å². The topological polar surface area (TPSA) is 44.1 Å². The molecule has 4 heteroatoms. The van der Waals surface area contributed by atoms with Gasteiger partial charge in [0.05, 0.1) is 18.4 Å².